The van der Waals surface area contributed by atoms with Gasteiger partial charge in [0.2, 0.25) is 0 Å². The molecule has 1 aliphatic carbocycles. The summed E-state index contributed by atoms with van der Waals surface area (Å²) in [4.78, 5) is 0. The lowest BCUT2D eigenvalue weighted by atomic mass is 9.81. The summed E-state index contributed by atoms with van der Waals surface area (Å²) in [5.74, 6) is 0.658. The summed E-state index contributed by atoms with van der Waals surface area (Å²) in [6.45, 7) is 0. The third-order valence-corrected chi connectivity index (χ3v) is 4.40. The standard InChI is InChI=1S/C14H19Cl2N/c1-17-14(10-6-3-2-4-7-10)13-11(15)8-5-9-12(13)16/h5,8-10,14,17H,2-4,6-7H2,1H3. The Morgan fingerprint density at radius 3 is 2.24 bits per heavy atom. The van der Waals surface area contributed by atoms with Gasteiger partial charge in [0, 0.05) is 21.7 Å². The van der Waals surface area contributed by atoms with Crippen molar-refractivity contribution in [1.29, 1.82) is 0 Å². The van der Waals surface area contributed by atoms with Crippen molar-refractivity contribution in [1.82, 2.24) is 5.32 Å². The molecule has 1 saturated carbocycles. The van der Waals surface area contributed by atoms with E-state index < -0.39 is 0 Å². The molecule has 1 fully saturated rings. The zero-order valence-corrected chi connectivity index (χ0v) is 11.7. The van der Waals surface area contributed by atoms with Gasteiger partial charge in [-0.1, -0.05) is 48.5 Å². The van der Waals surface area contributed by atoms with Crippen LogP contribution in [0.2, 0.25) is 10.0 Å². The number of hydrogen-bond acceptors (Lipinski definition) is 1. The Morgan fingerprint density at radius 2 is 1.71 bits per heavy atom. The zero-order chi connectivity index (χ0) is 12.3. The Kier molecular flexibility index (Phi) is 4.72. The van der Waals surface area contributed by atoms with Crippen LogP contribution in [0.25, 0.3) is 0 Å². The fraction of sp³-hybridized carbons (Fsp3) is 0.571. The molecule has 1 unspecified atom stereocenters. The molecule has 0 spiro atoms. The quantitative estimate of drug-likeness (QED) is 0.830. The minimum Gasteiger partial charge on any atom is -0.313 e. The van der Waals surface area contributed by atoms with Gasteiger partial charge in [-0.3, -0.25) is 0 Å². The summed E-state index contributed by atoms with van der Waals surface area (Å²) in [5, 5.41) is 4.96. The van der Waals surface area contributed by atoms with Crippen molar-refractivity contribution in [2.45, 2.75) is 38.1 Å². The van der Waals surface area contributed by atoms with Gasteiger partial charge in [-0.15, -0.1) is 0 Å². The van der Waals surface area contributed by atoms with Gasteiger partial charge in [-0.2, -0.15) is 0 Å². The summed E-state index contributed by atoms with van der Waals surface area (Å²) in [5.41, 5.74) is 1.07. The Morgan fingerprint density at radius 1 is 1.12 bits per heavy atom. The van der Waals surface area contributed by atoms with E-state index in [1.807, 2.05) is 25.2 Å². The Labute approximate surface area is 114 Å². The van der Waals surface area contributed by atoms with Crippen LogP contribution < -0.4 is 5.32 Å². The van der Waals surface area contributed by atoms with E-state index in [4.69, 9.17) is 23.2 Å². The number of nitrogens with one attached hydrogen (secondary N) is 1. The highest BCUT2D eigenvalue weighted by molar-refractivity contribution is 6.36. The van der Waals surface area contributed by atoms with Crippen LogP contribution in [0.3, 0.4) is 0 Å². The van der Waals surface area contributed by atoms with Crippen LogP contribution >= 0.6 is 23.2 Å². The van der Waals surface area contributed by atoms with Gasteiger partial charge in [0.25, 0.3) is 0 Å². The molecule has 1 aromatic carbocycles. The summed E-state index contributed by atoms with van der Waals surface area (Å²) >= 11 is 12.6. The first-order valence-corrected chi connectivity index (χ1v) is 7.11. The molecule has 1 aromatic rings. The van der Waals surface area contributed by atoms with Crippen molar-refractivity contribution in [2.24, 2.45) is 5.92 Å². The SMILES string of the molecule is CNC(c1c(Cl)cccc1Cl)C1CCCCC1. The molecule has 0 amide bonds. The van der Waals surface area contributed by atoms with E-state index in [0.29, 0.717) is 5.92 Å². The lowest BCUT2D eigenvalue weighted by Gasteiger charge is -2.31. The molecule has 3 heteroatoms. The molecule has 1 nitrogen and oxygen atoms in total. The third-order valence-electron chi connectivity index (χ3n) is 3.74. The number of benzene rings is 1. The van der Waals surface area contributed by atoms with Gasteiger partial charge in [0.05, 0.1) is 0 Å². The van der Waals surface area contributed by atoms with Gasteiger partial charge < -0.3 is 5.32 Å². The van der Waals surface area contributed by atoms with E-state index in [1.165, 1.54) is 32.1 Å². The van der Waals surface area contributed by atoms with Crippen molar-refractivity contribution in [2.75, 3.05) is 7.05 Å². The lowest BCUT2D eigenvalue weighted by Crippen LogP contribution is -2.27. The summed E-state index contributed by atoms with van der Waals surface area (Å²) < 4.78 is 0. The molecule has 0 aromatic heterocycles. The maximum Gasteiger partial charge on any atom is 0.0468 e. The molecule has 1 N–H and O–H groups in total. The smallest absolute Gasteiger partial charge is 0.0468 e. The first kappa shape index (κ1) is 13.2. The Balaban J connectivity index is 2.27. The molecule has 1 aliphatic rings. The van der Waals surface area contributed by atoms with Crippen LogP contribution in [0.4, 0.5) is 0 Å². The monoisotopic (exact) mass is 271 g/mol. The van der Waals surface area contributed by atoms with Crippen LogP contribution in [0, 0.1) is 5.92 Å². The van der Waals surface area contributed by atoms with Crippen molar-refractivity contribution in [3.63, 3.8) is 0 Å². The van der Waals surface area contributed by atoms with Gasteiger partial charge in [-0.25, -0.2) is 0 Å². The van der Waals surface area contributed by atoms with Crippen molar-refractivity contribution in [3.05, 3.63) is 33.8 Å². The first-order chi connectivity index (χ1) is 8.24. The van der Waals surface area contributed by atoms with Crippen molar-refractivity contribution < 1.29 is 0 Å². The van der Waals surface area contributed by atoms with Gasteiger partial charge >= 0.3 is 0 Å². The van der Waals surface area contributed by atoms with E-state index in [1.54, 1.807) is 0 Å². The maximum absolute atomic E-state index is 6.30. The van der Waals surface area contributed by atoms with E-state index in [-0.39, 0.29) is 6.04 Å². The lowest BCUT2D eigenvalue weighted by molar-refractivity contribution is 0.282. The maximum atomic E-state index is 6.30. The van der Waals surface area contributed by atoms with Crippen LogP contribution in [-0.4, -0.2) is 7.05 Å². The second-order valence-electron chi connectivity index (χ2n) is 4.80. The summed E-state index contributed by atoms with van der Waals surface area (Å²) in [6.07, 6.45) is 6.55. The van der Waals surface area contributed by atoms with Gasteiger partial charge in [-0.05, 0) is 37.9 Å². The minimum atomic E-state index is 0.288. The largest absolute Gasteiger partial charge is 0.313 e. The Bertz CT molecular complexity index is 352. The molecule has 94 valence electrons. The average molecular weight is 272 g/mol. The fourth-order valence-corrected chi connectivity index (χ4v) is 3.52. The molecular formula is C14H19Cl2N. The van der Waals surface area contributed by atoms with Crippen molar-refractivity contribution >= 4 is 23.2 Å². The molecule has 0 bridgehead atoms. The molecular weight excluding hydrogens is 253 g/mol. The minimum absolute atomic E-state index is 0.288. The number of halogens is 2. The second-order valence-corrected chi connectivity index (χ2v) is 5.61. The van der Waals surface area contributed by atoms with E-state index >= 15 is 0 Å². The highest BCUT2D eigenvalue weighted by Gasteiger charge is 2.26. The molecule has 2 rings (SSSR count). The third kappa shape index (κ3) is 2.96. The van der Waals surface area contributed by atoms with E-state index in [9.17, 15) is 0 Å². The fourth-order valence-electron chi connectivity index (χ4n) is 2.89. The number of hydrogen-bond donors (Lipinski definition) is 1. The zero-order valence-electron chi connectivity index (χ0n) is 10.2. The number of rotatable bonds is 3. The highest BCUT2D eigenvalue weighted by atomic mass is 35.5. The van der Waals surface area contributed by atoms with E-state index in [2.05, 4.69) is 5.32 Å². The molecule has 0 radical (unpaired) electrons. The summed E-state index contributed by atoms with van der Waals surface area (Å²) in [6, 6.07) is 6.05. The Hall–Kier alpha value is -0.240. The van der Waals surface area contributed by atoms with Gasteiger partial charge in [0.1, 0.15) is 0 Å². The van der Waals surface area contributed by atoms with Crippen molar-refractivity contribution in [3.8, 4) is 0 Å². The van der Waals surface area contributed by atoms with Crippen LogP contribution in [0.15, 0.2) is 18.2 Å². The average Bonchev–Trinajstić information content (AvgIpc) is 2.35. The molecule has 0 heterocycles. The molecule has 17 heavy (non-hydrogen) atoms. The highest BCUT2D eigenvalue weighted by Crippen LogP contribution is 2.39. The molecule has 1 atom stereocenters. The predicted octanol–water partition coefficient (Wildman–Crippen LogP) is 4.83. The van der Waals surface area contributed by atoms with E-state index in [0.717, 1.165) is 15.6 Å². The van der Waals surface area contributed by atoms with Crippen LogP contribution in [0.1, 0.15) is 43.7 Å². The van der Waals surface area contributed by atoms with Crippen LogP contribution in [-0.2, 0) is 0 Å². The summed E-state index contributed by atoms with van der Waals surface area (Å²) in [7, 11) is 2.00. The second kappa shape index (κ2) is 6.08. The van der Waals surface area contributed by atoms with Gasteiger partial charge in [0.15, 0.2) is 0 Å². The van der Waals surface area contributed by atoms with Crippen LogP contribution in [0.5, 0.6) is 0 Å². The topological polar surface area (TPSA) is 12.0 Å². The first-order valence-electron chi connectivity index (χ1n) is 6.35. The predicted molar refractivity (Wildman–Crippen MR) is 74.8 cm³/mol. The molecule has 0 saturated heterocycles. The molecule has 0 aliphatic heterocycles. The normalized spacial score (nSPS) is 19.2.